The van der Waals surface area contributed by atoms with Gasteiger partial charge in [0.25, 0.3) is 0 Å². The maximum atomic E-state index is 5.97. The number of hydrogen-bond acceptors (Lipinski definition) is 3. The highest BCUT2D eigenvalue weighted by Crippen LogP contribution is 2.18. The molecule has 1 rings (SSSR count). The Hall–Kier alpha value is -1.03. The number of nitrogen functional groups attached to an aromatic ring is 1. The molecule has 0 aliphatic rings. The van der Waals surface area contributed by atoms with Gasteiger partial charge in [0.05, 0.1) is 5.69 Å². The SMILES string of the molecule is CCC(C)N(C)Cc1c(C)nn(C)c1N. The molecule has 4 nitrogen and oxygen atoms in total. The van der Waals surface area contributed by atoms with Crippen molar-refractivity contribution in [1.29, 1.82) is 0 Å². The first-order valence-corrected chi connectivity index (χ1v) is 5.45. The number of nitrogens with two attached hydrogens (primary N) is 1. The number of aryl methyl sites for hydroxylation is 2. The van der Waals surface area contributed by atoms with Gasteiger partial charge in [-0.25, -0.2) is 0 Å². The first-order chi connectivity index (χ1) is 6.97. The highest BCUT2D eigenvalue weighted by atomic mass is 15.3. The van der Waals surface area contributed by atoms with Gasteiger partial charge in [0.2, 0.25) is 0 Å². The molecule has 1 atom stereocenters. The number of aromatic nitrogens is 2. The maximum Gasteiger partial charge on any atom is 0.126 e. The average molecular weight is 210 g/mol. The van der Waals surface area contributed by atoms with Crippen molar-refractivity contribution in [3.63, 3.8) is 0 Å². The van der Waals surface area contributed by atoms with Crippen LogP contribution in [0.3, 0.4) is 0 Å². The largest absolute Gasteiger partial charge is 0.384 e. The second kappa shape index (κ2) is 4.66. The van der Waals surface area contributed by atoms with E-state index < -0.39 is 0 Å². The monoisotopic (exact) mass is 210 g/mol. The van der Waals surface area contributed by atoms with Crippen molar-refractivity contribution in [2.75, 3.05) is 12.8 Å². The summed E-state index contributed by atoms with van der Waals surface area (Å²) in [4.78, 5) is 2.31. The van der Waals surface area contributed by atoms with Crippen molar-refractivity contribution in [2.45, 2.75) is 39.8 Å². The molecular weight excluding hydrogens is 188 g/mol. The Bertz CT molecular complexity index is 330. The summed E-state index contributed by atoms with van der Waals surface area (Å²) in [6, 6.07) is 0.573. The smallest absolute Gasteiger partial charge is 0.126 e. The van der Waals surface area contributed by atoms with E-state index in [1.807, 2.05) is 14.0 Å². The lowest BCUT2D eigenvalue weighted by atomic mass is 10.2. The zero-order chi connectivity index (χ0) is 11.6. The molecule has 0 aliphatic carbocycles. The molecule has 0 spiro atoms. The Morgan fingerprint density at radius 3 is 2.53 bits per heavy atom. The number of hydrogen-bond donors (Lipinski definition) is 1. The Kier molecular flexibility index (Phi) is 3.74. The molecular formula is C11H22N4. The van der Waals surface area contributed by atoms with Gasteiger partial charge in [0.15, 0.2) is 0 Å². The average Bonchev–Trinajstić information content (AvgIpc) is 2.43. The molecule has 0 saturated heterocycles. The summed E-state index contributed by atoms with van der Waals surface area (Å²) >= 11 is 0. The summed E-state index contributed by atoms with van der Waals surface area (Å²) in [7, 11) is 4.01. The van der Waals surface area contributed by atoms with E-state index in [2.05, 4.69) is 30.9 Å². The second-order valence-corrected chi connectivity index (χ2v) is 4.25. The molecule has 86 valence electrons. The summed E-state index contributed by atoms with van der Waals surface area (Å²) in [6.07, 6.45) is 1.15. The molecule has 0 radical (unpaired) electrons. The Balaban J connectivity index is 2.80. The predicted molar refractivity (Wildman–Crippen MR) is 63.6 cm³/mol. The molecule has 0 amide bonds. The van der Waals surface area contributed by atoms with Gasteiger partial charge in [-0.3, -0.25) is 9.58 Å². The first-order valence-electron chi connectivity index (χ1n) is 5.45. The van der Waals surface area contributed by atoms with E-state index in [9.17, 15) is 0 Å². The minimum absolute atomic E-state index is 0.573. The van der Waals surface area contributed by atoms with Gasteiger partial charge in [-0.1, -0.05) is 6.92 Å². The molecule has 1 heterocycles. The van der Waals surface area contributed by atoms with Gasteiger partial charge in [-0.05, 0) is 27.3 Å². The van der Waals surface area contributed by atoms with Crippen LogP contribution in [0, 0.1) is 6.92 Å². The van der Waals surface area contributed by atoms with E-state index in [0.717, 1.165) is 30.0 Å². The van der Waals surface area contributed by atoms with Crippen LogP contribution in [0.4, 0.5) is 5.82 Å². The van der Waals surface area contributed by atoms with Gasteiger partial charge < -0.3 is 5.73 Å². The number of rotatable bonds is 4. The van der Waals surface area contributed by atoms with Crippen molar-refractivity contribution < 1.29 is 0 Å². The summed E-state index contributed by atoms with van der Waals surface area (Å²) in [6.45, 7) is 7.30. The van der Waals surface area contributed by atoms with Gasteiger partial charge in [-0.2, -0.15) is 5.10 Å². The highest BCUT2D eigenvalue weighted by molar-refractivity contribution is 5.42. The van der Waals surface area contributed by atoms with Gasteiger partial charge >= 0.3 is 0 Å². The first kappa shape index (κ1) is 12.0. The van der Waals surface area contributed by atoms with Crippen LogP contribution in [0.1, 0.15) is 31.5 Å². The fraction of sp³-hybridized carbons (Fsp3) is 0.727. The van der Waals surface area contributed by atoms with Crippen LogP contribution in [0.25, 0.3) is 0 Å². The molecule has 15 heavy (non-hydrogen) atoms. The quantitative estimate of drug-likeness (QED) is 0.820. The Morgan fingerprint density at radius 2 is 2.13 bits per heavy atom. The van der Waals surface area contributed by atoms with E-state index in [1.54, 1.807) is 4.68 Å². The molecule has 0 bridgehead atoms. The lowest BCUT2D eigenvalue weighted by Crippen LogP contribution is -2.28. The van der Waals surface area contributed by atoms with Crippen molar-refractivity contribution >= 4 is 5.82 Å². The van der Waals surface area contributed by atoms with Crippen molar-refractivity contribution in [2.24, 2.45) is 7.05 Å². The molecule has 0 aliphatic heterocycles. The fourth-order valence-corrected chi connectivity index (χ4v) is 1.63. The lowest BCUT2D eigenvalue weighted by Gasteiger charge is -2.23. The summed E-state index contributed by atoms with van der Waals surface area (Å²) < 4.78 is 1.75. The van der Waals surface area contributed by atoms with Crippen molar-refractivity contribution in [3.05, 3.63) is 11.3 Å². The van der Waals surface area contributed by atoms with Crippen LogP contribution in [0.5, 0.6) is 0 Å². The van der Waals surface area contributed by atoms with Crippen LogP contribution in [-0.2, 0) is 13.6 Å². The zero-order valence-corrected chi connectivity index (χ0v) is 10.4. The van der Waals surface area contributed by atoms with Gasteiger partial charge in [0.1, 0.15) is 5.82 Å². The normalized spacial score (nSPS) is 13.5. The lowest BCUT2D eigenvalue weighted by molar-refractivity contribution is 0.244. The van der Waals surface area contributed by atoms with Crippen molar-refractivity contribution in [1.82, 2.24) is 14.7 Å². The number of anilines is 1. The van der Waals surface area contributed by atoms with E-state index in [1.165, 1.54) is 0 Å². The summed E-state index contributed by atoms with van der Waals surface area (Å²) in [5.74, 6) is 0.780. The minimum atomic E-state index is 0.573. The van der Waals surface area contributed by atoms with Crippen LogP contribution >= 0.6 is 0 Å². The molecule has 1 aromatic rings. The molecule has 1 aromatic heterocycles. The van der Waals surface area contributed by atoms with E-state index >= 15 is 0 Å². The van der Waals surface area contributed by atoms with Crippen LogP contribution in [-0.4, -0.2) is 27.8 Å². The van der Waals surface area contributed by atoms with Crippen LogP contribution < -0.4 is 5.73 Å². The predicted octanol–water partition coefficient (Wildman–Crippen LogP) is 1.54. The zero-order valence-electron chi connectivity index (χ0n) is 10.4. The van der Waals surface area contributed by atoms with Crippen LogP contribution in [0.15, 0.2) is 0 Å². The highest BCUT2D eigenvalue weighted by Gasteiger charge is 2.14. The third-order valence-electron chi connectivity index (χ3n) is 3.15. The minimum Gasteiger partial charge on any atom is -0.384 e. The molecule has 4 heteroatoms. The van der Waals surface area contributed by atoms with Crippen molar-refractivity contribution in [3.8, 4) is 0 Å². The van der Waals surface area contributed by atoms with E-state index in [4.69, 9.17) is 5.73 Å². The van der Waals surface area contributed by atoms with E-state index in [-0.39, 0.29) is 0 Å². The number of nitrogens with zero attached hydrogens (tertiary/aromatic N) is 3. The topological polar surface area (TPSA) is 47.1 Å². The van der Waals surface area contributed by atoms with Gasteiger partial charge in [0, 0.05) is 25.2 Å². The standard InChI is InChI=1S/C11H22N4/c1-6-8(2)14(4)7-10-9(3)13-15(5)11(10)12/h8H,6-7,12H2,1-5H3. The molecule has 0 fully saturated rings. The Labute approximate surface area is 92.1 Å². The fourth-order valence-electron chi connectivity index (χ4n) is 1.63. The second-order valence-electron chi connectivity index (χ2n) is 4.25. The summed E-state index contributed by atoms with van der Waals surface area (Å²) in [5.41, 5.74) is 8.15. The molecule has 0 aromatic carbocycles. The Morgan fingerprint density at radius 1 is 1.53 bits per heavy atom. The van der Waals surface area contributed by atoms with Crippen LogP contribution in [0.2, 0.25) is 0 Å². The maximum absolute atomic E-state index is 5.97. The van der Waals surface area contributed by atoms with E-state index in [0.29, 0.717) is 6.04 Å². The third kappa shape index (κ3) is 2.50. The molecule has 0 saturated carbocycles. The van der Waals surface area contributed by atoms with Gasteiger partial charge in [-0.15, -0.1) is 0 Å². The molecule has 2 N–H and O–H groups in total. The molecule has 1 unspecified atom stereocenters. The summed E-state index contributed by atoms with van der Waals surface area (Å²) in [5, 5.41) is 4.31. The third-order valence-corrected chi connectivity index (χ3v) is 3.15.